The van der Waals surface area contributed by atoms with Gasteiger partial charge in [0.05, 0.1) is 25.7 Å². The van der Waals surface area contributed by atoms with E-state index in [9.17, 15) is 9.59 Å². The molecule has 0 radical (unpaired) electrons. The standard InChI is InChI=1S/C27H30N2O5/c1-3-33-21-16-14-19(15-17-21)25(26(30)28-20-9-4-5-10-20)29(27(31)24-13-8-18-34-24)22-11-6-7-12-23(22)32-2/h6-8,11-18,20,25H,3-5,9-10H2,1-2H3,(H,28,30). The Labute approximate surface area is 199 Å². The second kappa shape index (κ2) is 10.9. The van der Waals surface area contributed by atoms with Crippen molar-refractivity contribution < 1.29 is 23.5 Å². The second-order valence-electron chi connectivity index (χ2n) is 8.22. The molecule has 1 heterocycles. The van der Waals surface area contributed by atoms with Crippen molar-refractivity contribution in [2.45, 2.75) is 44.7 Å². The number of carbonyl (C=O) groups is 2. The Morgan fingerprint density at radius 2 is 1.79 bits per heavy atom. The van der Waals surface area contributed by atoms with Gasteiger partial charge in [-0.15, -0.1) is 0 Å². The molecule has 3 aromatic rings. The summed E-state index contributed by atoms with van der Waals surface area (Å²) in [7, 11) is 1.54. The van der Waals surface area contributed by atoms with Gasteiger partial charge in [0.25, 0.3) is 5.91 Å². The van der Waals surface area contributed by atoms with E-state index in [-0.39, 0.29) is 17.7 Å². The Kier molecular flexibility index (Phi) is 7.52. The van der Waals surface area contributed by atoms with Crippen molar-refractivity contribution >= 4 is 17.5 Å². The van der Waals surface area contributed by atoms with Crippen molar-refractivity contribution in [1.82, 2.24) is 5.32 Å². The predicted octanol–water partition coefficient (Wildman–Crippen LogP) is 5.13. The van der Waals surface area contributed by atoms with Crippen LogP contribution in [0.25, 0.3) is 0 Å². The third-order valence-corrected chi connectivity index (χ3v) is 6.01. The van der Waals surface area contributed by atoms with Crippen LogP contribution in [-0.4, -0.2) is 31.6 Å². The molecule has 1 aliphatic rings. The molecule has 0 saturated heterocycles. The van der Waals surface area contributed by atoms with Gasteiger partial charge in [-0.3, -0.25) is 14.5 Å². The average molecular weight is 463 g/mol. The highest BCUT2D eigenvalue weighted by Crippen LogP contribution is 2.37. The molecule has 34 heavy (non-hydrogen) atoms. The van der Waals surface area contributed by atoms with Crippen molar-refractivity contribution in [3.63, 3.8) is 0 Å². The molecule has 1 unspecified atom stereocenters. The highest BCUT2D eigenvalue weighted by molar-refractivity contribution is 6.09. The highest BCUT2D eigenvalue weighted by atomic mass is 16.5. The van der Waals surface area contributed by atoms with E-state index < -0.39 is 11.9 Å². The molecule has 2 aromatic carbocycles. The summed E-state index contributed by atoms with van der Waals surface area (Å²) < 4.78 is 16.6. The van der Waals surface area contributed by atoms with E-state index in [1.165, 1.54) is 11.2 Å². The molecule has 1 fully saturated rings. The summed E-state index contributed by atoms with van der Waals surface area (Å²) in [5.74, 6) is 0.627. The highest BCUT2D eigenvalue weighted by Gasteiger charge is 2.37. The molecule has 7 nitrogen and oxygen atoms in total. The first-order chi connectivity index (χ1) is 16.6. The van der Waals surface area contributed by atoms with E-state index in [1.54, 1.807) is 31.4 Å². The molecule has 7 heteroatoms. The van der Waals surface area contributed by atoms with Crippen molar-refractivity contribution in [2.24, 2.45) is 0 Å². The number of hydrogen-bond acceptors (Lipinski definition) is 5. The second-order valence-corrected chi connectivity index (χ2v) is 8.22. The Morgan fingerprint density at radius 3 is 2.44 bits per heavy atom. The molecule has 0 spiro atoms. The third kappa shape index (κ3) is 5.09. The molecule has 0 aliphatic heterocycles. The maximum atomic E-state index is 13.8. The number of furan rings is 1. The minimum absolute atomic E-state index is 0.0935. The minimum atomic E-state index is -0.940. The number of benzene rings is 2. The fraction of sp³-hybridized carbons (Fsp3) is 0.333. The largest absolute Gasteiger partial charge is 0.495 e. The Hall–Kier alpha value is -3.74. The van der Waals surface area contributed by atoms with Gasteiger partial charge in [-0.1, -0.05) is 37.1 Å². The molecule has 1 N–H and O–H groups in total. The first kappa shape index (κ1) is 23.4. The number of carbonyl (C=O) groups excluding carboxylic acids is 2. The Bertz CT molecular complexity index is 1090. The lowest BCUT2D eigenvalue weighted by Gasteiger charge is -2.32. The molecular formula is C27H30N2O5. The molecule has 178 valence electrons. The van der Waals surface area contributed by atoms with Gasteiger partial charge >= 0.3 is 0 Å². The monoisotopic (exact) mass is 462 g/mol. The lowest BCUT2D eigenvalue weighted by molar-refractivity contribution is -0.123. The molecule has 0 bridgehead atoms. The summed E-state index contributed by atoms with van der Waals surface area (Å²) in [5, 5.41) is 3.17. The molecule has 1 aliphatic carbocycles. The van der Waals surface area contributed by atoms with Gasteiger partial charge in [-0.05, 0) is 61.7 Å². The fourth-order valence-electron chi connectivity index (χ4n) is 4.39. The van der Waals surface area contributed by atoms with Crippen molar-refractivity contribution in [3.05, 3.63) is 78.3 Å². The van der Waals surface area contributed by atoms with Crippen LogP contribution >= 0.6 is 0 Å². The summed E-state index contributed by atoms with van der Waals surface area (Å²) in [6.45, 7) is 2.45. The number of anilines is 1. The summed E-state index contributed by atoms with van der Waals surface area (Å²) in [4.78, 5) is 29.0. The zero-order chi connectivity index (χ0) is 23.9. The predicted molar refractivity (Wildman–Crippen MR) is 129 cm³/mol. The quantitative estimate of drug-likeness (QED) is 0.477. The van der Waals surface area contributed by atoms with Crippen LogP contribution in [0.2, 0.25) is 0 Å². The smallest absolute Gasteiger partial charge is 0.295 e. The summed E-state index contributed by atoms with van der Waals surface area (Å²) in [6, 6.07) is 16.8. The van der Waals surface area contributed by atoms with Crippen LogP contribution in [0.1, 0.15) is 54.8 Å². The number of para-hydroxylation sites is 2. The lowest BCUT2D eigenvalue weighted by Crippen LogP contribution is -2.46. The molecule has 4 rings (SSSR count). The minimum Gasteiger partial charge on any atom is -0.495 e. The SMILES string of the molecule is CCOc1ccc(C(C(=O)NC2CCCC2)N(C(=O)c2ccco2)c2ccccc2OC)cc1. The maximum absolute atomic E-state index is 13.8. The van der Waals surface area contributed by atoms with Crippen LogP contribution in [0.5, 0.6) is 11.5 Å². The van der Waals surface area contributed by atoms with E-state index in [0.717, 1.165) is 25.7 Å². The van der Waals surface area contributed by atoms with Gasteiger partial charge in [0, 0.05) is 6.04 Å². The lowest BCUT2D eigenvalue weighted by atomic mass is 10.0. The topological polar surface area (TPSA) is 81.0 Å². The maximum Gasteiger partial charge on any atom is 0.295 e. The van der Waals surface area contributed by atoms with Crippen LogP contribution in [0.4, 0.5) is 5.69 Å². The Balaban J connectivity index is 1.82. The molecule has 1 saturated carbocycles. The average Bonchev–Trinajstić information content (AvgIpc) is 3.58. The van der Waals surface area contributed by atoms with E-state index in [2.05, 4.69) is 5.32 Å². The van der Waals surface area contributed by atoms with Gasteiger partial charge in [-0.2, -0.15) is 0 Å². The summed E-state index contributed by atoms with van der Waals surface area (Å²) >= 11 is 0. The van der Waals surface area contributed by atoms with Crippen LogP contribution in [0.15, 0.2) is 71.3 Å². The van der Waals surface area contributed by atoms with Gasteiger partial charge in [0.15, 0.2) is 5.76 Å². The van der Waals surface area contributed by atoms with E-state index in [4.69, 9.17) is 13.9 Å². The third-order valence-electron chi connectivity index (χ3n) is 6.01. The summed E-state index contributed by atoms with van der Waals surface area (Å²) in [5.41, 5.74) is 1.14. The van der Waals surface area contributed by atoms with Crippen molar-refractivity contribution in [2.75, 3.05) is 18.6 Å². The number of nitrogens with zero attached hydrogens (tertiary/aromatic N) is 1. The fourth-order valence-corrected chi connectivity index (χ4v) is 4.39. The van der Waals surface area contributed by atoms with Crippen LogP contribution in [-0.2, 0) is 4.79 Å². The first-order valence-electron chi connectivity index (χ1n) is 11.7. The Morgan fingerprint density at radius 1 is 1.06 bits per heavy atom. The zero-order valence-corrected chi connectivity index (χ0v) is 19.5. The van der Waals surface area contributed by atoms with Gasteiger partial charge < -0.3 is 19.2 Å². The number of hydrogen-bond donors (Lipinski definition) is 1. The van der Waals surface area contributed by atoms with Crippen molar-refractivity contribution in [1.29, 1.82) is 0 Å². The number of amides is 2. The van der Waals surface area contributed by atoms with E-state index >= 15 is 0 Å². The van der Waals surface area contributed by atoms with Gasteiger partial charge in [-0.25, -0.2) is 0 Å². The molecule has 1 atom stereocenters. The normalized spacial score (nSPS) is 14.4. The van der Waals surface area contributed by atoms with E-state index in [0.29, 0.717) is 29.4 Å². The zero-order valence-electron chi connectivity index (χ0n) is 19.5. The number of methoxy groups -OCH3 is 1. The van der Waals surface area contributed by atoms with Crippen molar-refractivity contribution in [3.8, 4) is 11.5 Å². The van der Waals surface area contributed by atoms with Gasteiger partial charge in [0.2, 0.25) is 5.91 Å². The molecule has 1 aromatic heterocycles. The van der Waals surface area contributed by atoms with E-state index in [1.807, 2.05) is 43.3 Å². The summed E-state index contributed by atoms with van der Waals surface area (Å²) in [6.07, 6.45) is 5.48. The molecule has 2 amide bonds. The number of rotatable bonds is 9. The molecular weight excluding hydrogens is 432 g/mol. The van der Waals surface area contributed by atoms with Crippen LogP contribution in [0.3, 0.4) is 0 Å². The van der Waals surface area contributed by atoms with Crippen LogP contribution in [0, 0.1) is 0 Å². The number of ether oxygens (including phenoxy) is 2. The van der Waals surface area contributed by atoms with Gasteiger partial charge in [0.1, 0.15) is 17.5 Å². The first-order valence-corrected chi connectivity index (χ1v) is 11.7. The van der Waals surface area contributed by atoms with Crippen LogP contribution < -0.4 is 19.7 Å². The number of nitrogens with one attached hydrogen (secondary N) is 1.